The van der Waals surface area contributed by atoms with Gasteiger partial charge in [-0.3, -0.25) is 4.79 Å². The lowest BCUT2D eigenvalue weighted by atomic mass is 9.83. The summed E-state index contributed by atoms with van der Waals surface area (Å²) in [5.74, 6) is -0.811. The number of nitrogens with two attached hydrogens (primary N) is 5. The van der Waals surface area contributed by atoms with E-state index in [1.807, 2.05) is 44.2 Å². The molecule has 1 aromatic rings. The monoisotopic (exact) mass is 905 g/mol. The third kappa shape index (κ3) is 13.3. The molecule has 23 heteroatoms. The molecule has 5 rings (SSSR count). The van der Waals surface area contributed by atoms with E-state index in [1.165, 1.54) is 0 Å². The van der Waals surface area contributed by atoms with Gasteiger partial charge in [-0.25, -0.2) is 0 Å². The summed E-state index contributed by atoms with van der Waals surface area (Å²) in [5, 5.41) is 84.3. The highest BCUT2D eigenvalue weighted by Gasteiger charge is 2.56. The standard InChI is InChI=1S/C40H72N8O15/c1-18(2)47-16-24-34(62-38-26(44)31(54)29(52)23(15-42)58-38)36(57-13-12-46-11-9-19-6-4-3-5-7-19)40(59-24)63-35-28(51)21(48-37(56)22(50)8-10-41)14-20(43)33(35)61-39-27(45)32(55)30(53)25(17-49)60-39/h3-7,18,20-36,38-40,46-47,49-55H,8-17,41-45H2,1-2H3,(H,48,56)/t20-,21+,22-,23-,24+,25+,26+,27+,28-,29+,30+,31+,32+,33+,34+,35+,36+,38+,39+,40-/m0/s1. The number of carbonyl (C=O) groups excluding carboxylic acids is 1. The summed E-state index contributed by atoms with van der Waals surface area (Å²) in [6.45, 7) is 4.28. The van der Waals surface area contributed by atoms with E-state index in [2.05, 4.69) is 16.0 Å². The zero-order valence-electron chi connectivity index (χ0n) is 35.9. The average molecular weight is 905 g/mol. The predicted octanol–water partition coefficient (Wildman–Crippen LogP) is -7.13. The topological polar surface area (TPSA) is 389 Å². The largest absolute Gasteiger partial charge is 0.394 e. The molecule has 3 heterocycles. The van der Waals surface area contributed by atoms with Crippen LogP contribution in [0.3, 0.4) is 0 Å². The molecule has 20 atom stereocenters. The van der Waals surface area contributed by atoms with Gasteiger partial charge < -0.3 is 114 Å². The zero-order chi connectivity index (χ0) is 46.0. The SMILES string of the molecule is CC(C)NC[C@H]1O[C@@H](O[C@@H]2[C@@H](O)[C@H](NC(=O)[C@@H](O)CCN)C[C@H](N)[C@H]2O[C@H]2O[C@H](CO)[C@@H](O)[C@H](O)[C@H]2N)[C@H](OCCNCCc2ccccc2)[C@@H]1O[C@H]1O[C@@H](CN)[C@@H](O)[C@H](O)[C@H]1N. The Morgan fingerprint density at radius 1 is 0.778 bits per heavy atom. The number of ether oxygens (including phenoxy) is 7. The van der Waals surface area contributed by atoms with Crippen LogP contribution in [0, 0.1) is 0 Å². The maximum Gasteiger partial charge on any atom is 0.249 e. The second kappa shape index (κ2) is 24.6. The minimum absolute atomic E-state index is 0.0161. The van der Waals surface area contributed by atoms with Gasteiger partial charge in [-0.2, -0.15) is 0 Å². The van der Waals surface area contributed by atoms with E-state index >= 15 is 0 Å². The van der Waals surface area contributed by atoms with Crippen LogP contribution in [-0.2, 0) is 44.4 Å². The maximum absolute atomic E-state index is 13.0. The highest BCUT2D eigenvalue weighted by atomic mass is 16.8. The van der Waals surface area contributed by atoms with Gasteiger partial charge in [-0.1, -0.05) is 44.2 Å². The number of aliphatic hydroxyl groups excluding tert-OH is 7. The zero-order valence-corrected chi connectivity index (χ0v) is 35.9. The summed E-state index contributed by atoms with van der Waals surface area (Å²) in [6.07, 6.45) is -20.8. The van der Waals surface area contributed by atoms with Crippen LogP contribution >= 0.6 is 0 Å². The fourth-order valence-corrected chi connectivity index (χ4v) is 8.17. The van der Waals surface area contributed by atoms with Gasteiger partial charge in [0.25, 0.3) is 0 Å². The molecule has 0 aromatic heterocycles. The number of nitrogens with one attached hydrogen (secondary N) is 3. The number of rotatable bonds is 22. The lowest BCUT2D eigenvalue weighted by molar-refractivity contribution is -0.312. The molecular weight excluding hydrogens is 832 g/mol. The molecule has 4 aliphatic rings. The molecule has 1 aliphatic carbocycles. The Balaban J connectivity index is 1.46. The molecule has 23 nitrogen and oxygen atoms in total. The molecule has 0 radical (unpaired) electrons. The summed E-state index contributed by atoms with van der Waals surface area (Å²) in [6, 6.07) is 5.16. The van der Waals surface area contributed by atoms with Crippen molar-refractivity contribution in [3.63, 3.8) is 0 Å². The smallest absolute Gasteiger partial charge is 0.249 e. The molecule has 3 aliphatic heterocycles. The first kappa shape index (κ1) is 51.8. The first-order valence-corrected chi connectivity index (χ1v) is 21.8. The van der Waals surface area contributed by atoms with Crippen molar-refractivity contribution in [3.05, 3.63) is 35.9 Å². The number of aliphatic hydroxyl groups is 7. The second-order valence-electron chi connectivity index (χ2n) is 16.9. The van der Waals surface area contributed by atoms with Crippen molar-refractivity contribution in [3.8, 4) is 0 Å². The van der Waals surface area contributed by atoms with Crippen molar-refractivity contribution < 1.29 is 73.7 Å². The molecule has 362 valence electrons. The second-order valence-corrected chi connectivity index (χ2v) is 16.9. The normalized spacial score (nSPS) is 40.3. The third-order valence-electron chi connectivity index (χ3n) is 11.9. The number of hydrogen-bond donors (Lipinski definition) is 15. The van der Waals surface area contributed by atoms with Gasteiger partial charge in [-0.15, -0.1) is 0 Å². The van der Waals surface area contributed by atoms with E-state index in [0.717, 1.165) is 12.0 Å². The molecule has 0 spiro atoms. The minimum Gasteiger partial charge on any atom is -0.394 e. The van der Waals surface area contributed by atoms with Gasteiger partial charge in [0.15, 0.2) is 18.9 Å². The van der Waals surface area contributed by atoms with Gasteiger partial charge in [0, 0.05) is 31.7 Å². The summed E-state index contributed by atoms with van der Waals surface area (Å²) in [5.41, 5.74) is 31.9. The van der Waals surface area contributed by atoms with Gasteiger partial charge in [0.2, 0.25) is 5.91 Å². The number of amides is 1. The summed E-state index contributed by atoms with van der Waals surface area (Å²) in [4.78, 5) is 13.0. The molecule has 1 amide bonds. The van der Waals surface area contributed by atoms with E-state index in [-0.39, 0.29) is 45.1 Å². The van der Waals surface area contributed by atoms with Crippen LogP contribution < -0.4 is 44.6 Å². The number of carbonyl (C=O) groups is 1. The Morgan fingerprint density at radius 2 is 1.38 bits per heavy atom. The van der Waals surface area contributed by atoms with Crippen molar-refractivity contribution in [2.45, 2.75) is 162 Å². The van der Waals surface area contributed by atoms with Gasteiger partial charge in [0.05, 0.1) is 31.3 Å². The lowest BCUT2D eigenvalue weighted by Gasteiger charge is -2.48. The fourth-order valence-electron chi connectivity index (χ4n) is 8.17. The number of benzene rings is 1. The van der Waals surface area contributed by atoms with Crippen LogP contribution in [0.15, 0.2) is 30.3 Å². The van der Waals surface area contributed by atoms with E-state index in [1.54, 1.807) is 0 Å². The number of hydrogen-bond acceptors (Lipinski definition) is 22. The van der Waals surface area contributed by atoms with Gasteiger partial charge in [-0.05, 0) is 37.9 Å². The van der Waals surface area contributed by atoms with Crippen LogP contribution in [0.25, 0.3) is 0 Å². The molecular formula is C40H72N8O15. The Hall–Kier alpha value is -2.15. The van der Waals surface area contributed by atoms with E-state index < -0.39 is 135 Å². The van der Waals surface area contributed by atoms with Crippen LogP contribution in [0.2, 0.25) is 0 Å². The van der Waals surface area contributed by atoms with E-state index in [0.29, 0.717) is 13.1 Å². The van der Waals surface area contributed by atoms with Crippen molar-refractivity contribution in [2.75, 3.05) is 45.9 Å². The van der Waals surface area contributed by atoms with E-state index in [4.69, 9.17) is 61.8 Å². The summed E-state index contributed by atoms with van der Waals surface area (Å²) < 4.78 is 44.2. The van der Waals surface area contributed by atoms with Crippen LogP contribution in [0.4, 0.5) is 0 Å². The molecule has 0 unspecified atom stereocenters. The van der Waals surface area contributed by atoms with Crippen LogP contribution in [0.5, 0.6) is 0 Å². The summed E-state index contributed by atoms with van der Waals surface area (Å²) in [7, 11) is 0. The van der Waals surface area contributed by atoms with Crippen LogP contribution in [0.1, 0.15) is 32.3 Å². The molecule has 1 saturated carbocycles. The molecule has 20 N–H and O–H groups in total. The fraction of sp³-hybridized carbons (Fsp3) is 0.825. The average Bonchev–Trinajstić information content (AvgIpc) is 3.59. The maximum atomic E-state index is 13.0. The molecule has 4 fully saturated rings. The Morgan fingerprint density at radius 3 is 2.00 bits per heavy atom. The van der Waals surface area contributed by atoms with Crippen molar-refractivity contribution in [1.82, 2.24) is 16.0 Å². The highest BCUT2D eigenvalue weighted by Crippen LogP contribution is 2.36. The van der Waals surface area contributed by atoms with Gasteiger partial charge >= 0.3 is 0 Å². The first-order chi connectivity index (χ1) is 30.1. The van der Waals surface area contributed by atoms with Crippen molar-refractivity contribution >= 4 is 5.91 Å². The van der Waals surface area contributed by atoms with Crippen molar-refractivity contribution in [2.24, 2.45) is 28.7 Å². The molecule has 1 aromatic carbocycles. The molecule has 3 saturated heterocycles. The minimum atomic E-state index is -1.61. The van der Waals surface area contributed by atoms with Crippen molar-refractivity contribution in [1.29, 1.82) is 0 Å². The predicted molar refractivity (Wildman–Crippen MR) is 223 cm³/mol. The van der Waals surface area contributed by atoms with E-state index in [9.17, 15) is 40.5 Å². The quantitative estimate of drug-likeness (QED) is 0.0481. The van der Waals surface area contributed by atoms with Crippen LogP contribution in [-0.4, -0.2) is 216 Å². The Labute approximate surface area is 367 Å². The highest BCUT2D eigenvalue weighted by molar-refractivity contribution is 5.80. The molecule has 63 heavy (non-hydrogen) atoms. The van der Waals surface area contributed by atoms with Gasteiger partial charge in [0.1, 0.15) is 79.4 Å². The first-order valence-electron chi connectivity index (χ1n) is 21.8. The molecule has 0 bridgehead atoms. The third-order valence-corrected chi connectivity index (χ3v) is 11.9. The Bertz CT molecular complexity index is 1500. The lowest BCUT2D eigenvalue weighted by Crippen LogP contribution is -2.69. The summed E-state index contributed by atoms with van der Waals surface area (Å²) >= 11 is 0. The Kier molecular flexibility index (Phi) is 20.2.